The van der Waals surface area contributed by atoms with Crippen LogP contribution in [0.2, 0.25) is 0 Å². The number of esters is 1. The Labute approximate surface area is 360 Å². The number of hydrogen-bond donors (Lipinski definition) is 4. The van der Waals surface area contributed by atoms with Crippen LogP contribution in [0.3, 0.4) is 0 Å². The molecule has 0 aromatic carbocycles. The SMILES string of the molecule is CC/C=C\C/C=C\C/C=C\C/C=C\C/C=C\CCCCCC(=O)OC(COCCCCCCCCCCCCCCCCCCC)COC1OC(CO)C(O)C(O)C1O. The Bertz CT molecular complexity index is 1080. The normalized spacial score (nSPS) is 20.7. The van der Waals surface area contributed by atoms with Gasteiger partial charge in [0.15, 0.2) is 6.29 Å². The van der Waals surface area contributed by atoms with Crippen LogP contribution in [0.1, 0.15) is 187 Å². The number of ether oxygens (including phenoxy) is 4. The average Bonchev–Trinajstić information content (AvgIpc) is 3.24. The quantitative estimate of drug-likeness (QED) is 0.0270. The predicted molar refractivity (Wildman–Crippen MR) is 242 cm³/mol. The number of aliphatic hydroxyl groups excluding tert-OH is 4. The van der Waals surface area contributed by atoms with E-state index in [9.17, 15) is 25.2 Å². The molecule has 1 aliphatic heterocycles. The van der Waals surface area contributed by atoms with Gasteiger partial charge >= 0.3 is 5.97 Å². The highest BCUT2D eigenvalue weighted by atomic mass is 16.7. The standard InChI is InChI=1S/C50H88O9/c1-3-5-7-9-11-13-15-17-19-21-22-23-25-27-29-31-33-35-37-39-46(52)58-44(43-57-50-49(55)48(54)47(53)45(41-51)59-50)42-56-40-38-36-34-32-30-28-26-24-20-18-16-14-12-10-8-6-4-2/h5,7,11,13,17,19,22-23,27,29,44-45,47-51,53-55H,3-4,6,8-10,12,14-16,18,20-21,24-26,28,30-43H2,1-2H3/b7-5-,13-11-,19-17-,23-22-,29-27-. The maximum absolute atomic E-state index is 12.8. The van der Waals surface area contributed by atoms with Gasteiger partial charge in [0.1, 0.15) is 30.5 Å². The molecule has 0 aromatic heterocycles. The first-order valence-electron chi connectivity index (χ1n) is 23.9. The van der Waals surface area contributed by atoms with E-state index in [-0.39, 0.29) is 25.6 Å². The van der Waals surface area contributed by atoms with E-state index in [0.717, 1.165) is 64.2 Å². The molecule has 4 N–H and O–H groups in total. The molecule has 0 radical (unpaired) electrons. The summed E-state index contributed by atoms with van der Waals surface area (Å²) in [5, 5.41) is 40.2. The van der Waals surface area contributed by atoms with Gasteiger partial charge in [-0.15, -0.1) is 0 Å². The van der Waals surface area contributed by atoms with Crippen molar-refractivity contribution >= 4 is 5.97 Å². The first-order valence-corrected chi connectivity index (χ1v) is 23.9. The van der Waals surface area contributed by atoms with Crippen LogP contribution >= 0.6 is 0 Å². The second kappa shape index (κ2) is 41.3. The molecule has 0 saturated carbocycles. The van der Waals surface area contributed by atoms with Crippen molar-refractivity contribution in [1.82, 2.24) is 0 Å². The molecule has 1 saturated heterocycles. The van der Waals surface area contributed by atoms with Crippen molar-refractivity contribution in [3.05, 3.63) is 60.8 Å². The number of unbranched alkanes of at least 4 members (excludes halogenated alkanes) is 19. The zero-order valence-corrected chi connectivity index (χ0v) is 37.5. The molecule has 1 fully saturated rings. The topological polar surface area (TPSA) is 135 Å². The van der Waals surface area contributed by atoms with Crippen LogP contribution in [0.15, 0.2) is 60.8 Å². The molecular formula is C50H88O9. The number of aliphatic hydroxyl groups is 4. The highest BCUT2D eigenvalue weighted by molar-refractivity contribution is 5.69. The van der Waals surface area contributed by atoms with Crippen LogP contribution in [0, 0.1) is 0 Å². The molecule has 6 atom stereocenters. The van der Waals surface area contributed by atoms with Crippen LogP contribution in [0.5, 0.6) is 0 Å². The molecule has 0 spiro atoms. The van der Waals surface area contributed by atoms with Crippen molar-refractivity contribution in [2.75, 3.05) is 26.4 Å². The van der Waals surface area contributed by atoms with Gasteiger partial charge in [-0.3, -0.25) is 4.79 Å². The zero-order valence-electron chi connectivity index (χ0n) is 37.5. The lowest BCUT2D eigenvalue weighted by molar-refractivity contribution is -0.305. The zero-order chi connectivity index (χ0) is 42.9. The van der Waals surface area contributed by atoms with Gasteiger partial charge in [0.05, 0.1) is 19.8 Å². The fourth-order valence-electron chi connectivity index (χ4n) is 6.99. The summed E-state index contributed by atoms with van der Waals surface area (Å²) >= 11 is 0. The molecule has 1 aliphatic rings. The van der Waals surface area contributed by atoms with Gasteiger partial charge in [-0.25, -0.2) is 0 Å². The highest BCUT2D eigenvalue weighted by Gasteiger charge is 2.44. The molecular weight excluding hydrogens is 745 g/mol. The molecule has 0 bridgehead atoms. The molecule has 6 unspecified atom stereocenters. The number of carbonyl (C=O) groups excluding carboxylic acids is 1. The lowest BCUT2D eigenvalue weighted by atomic mass is 9.99. The largest absolute Gasteiger partial charge is 0.457 e. The van der Waals surface area contributed by atoms with E-state index in [1.807, 2.05) is 0 Å². The van der Waals surface area contributed by atoms with Gasteiger partial charge in [-0.2, -0.15) is 0 Å². The third kappa shape index (κ3) is 32.3. The minimum atomic E-state index is -1.54. The second-order valence-corrected chi connectivity index (χ2v) is 16.2. The van der Waals surface area contributed by atoms with Crippen LogP contribution < -0.4 is 0 Å². The smallest absolute Gasteiger partial charge is 0.306 e. The van der Waals surface area contributed by atoms with Gasteiger partial charge < -0.3 is 39.4 Å². The minimum Gasteiger partial charge on any atom is -0.457 e. The summed E-state index contributed by atoms with van der Waals surface area (Å²) in [6.45, 7) is 4.42. The van der Waals surface area contributed by atoms with Crippen molar-refractivity contribution in [2.24, 2.45) is 0 Å². The van der Waals surface area contributed by atoms with E-state index in [1.54, 1.807) is 0 Å². The third-order valence-corrected chi connectivity index (χ3v) is 10.7. The minimum absolute atomic E-state index is 0.127. The van der Waals surface area contributed by atoms with E-state index < -0.39 is 43.4 Å². The monoisotopic (exact) mass is 833 g/mol. The van der Waals surface area contributed by atoms with Gasteiger partial charge in [-0.05, 0) is 57.8 Å². The van der Waals surface area contributed by atoms with Crippen LogP contribution in [-0.2, 0) is 23.7 Å². The molecule has 0 aromatic rings. The highest BCUT2D eigenvalue weighted by Crippen LogP contribution is 2.22. The second-order valence-electron chi connectivity index (χ2n) is 16.2. The first-order chi connectivity index (χ1) is 28.9. The Morgan fingerprint density at radius 3 is 1.54 bits per heavy atom. The number of rotatable bonds is 40. The number of hydrogen-bond acceptors (Lipinski definition) is 9. The number of allylic oxidation sites excluding steroid dienone is 10. The van der Waals surface area contributed by atoms with Crippen molar-refractivity contribution in [3.8, 4) is 0 Å². The van der Waals surface area contributed by atoms with Crippen molar-refractivity contribution < 1.29 is 44.2 Å². The Hall–Kier alpha value is -2.11. The molecule has 1 rings (SSSR count). The lowest BCUT2D eigenvalue weighted by Crippen LogP contribution is -2.59. The van der Waals surface area contributed by atoms with E-state index in [1.165, 1.54) is 96.3 Å². The lowest BCUT2D eigenvalue weighted by Gasteiger charge is -2.39. The number of carbonyl (C=O) groups is 1. The van der Waals surface area contributed by atoms with E-state index in [4.69, 9.17) is 18.9 Å². The molecule has 59 heavy (non-hydrogen) atoms. The van der Waals surface area contributed by atoms with Crippen molar-refractivity contribution in [2.45, 2.75) is 224 Å². The van der Waals surface area contributed by atoms with Crippen LogP contribution in [-0.4, -0.2) is 89.6 Å². The van der Waals surface area contributed by atoms with Gasteiger partial charge in [0.25, 0.3) is 0 Å². The summed E-state index contributed by atoms with van der Waals surface area (Å²) in [5.74, 6) is -0.344. The molecule has 9 heteroatoms. The Kier molecular flexibility index (Phi) is 38.4. The Morgan fingerprint density at radius 1 is 0.559 bits per heavy atom. The fraction of sp³-hybridized carbons (Fsp3) is 0.780. The van der Waals surface area contributed by atoms with Gasteiger partial charge in [-0.1, -0.05) is 184 Å². The maximum atomic E-state index is 12.8. The van der Waals surface area contributed by atoms with Crippen molar-refractivity contribution in [3.63, 3.8) is 0 Å². The summed E-state index contributed by atoms with van der Waals surface area (Å²) < 4.78 is 22.8. The summed E-state index contributed by atoms with van der Waals surface area (Å²) in [6.07, 6.45) is 45.3. The summed E-state index contributed by atoms with van der Waals surface area (Å²) in [7, 11) is 0. The summed E-state index contributed by atoms with van der Waals surface area (Å²) in [6, 6.07) is 0. The van der Waals surface area contributed by atoms with Gasteiger partial charge in [0.2, 0.25) is 0 Å². The van der Waals surface area contributed by atoms with Crippen LogP contribution in [0.4, 0.5) is 0 Å². The summed E-state index contributed by atoms with van der Waals surface area (Å²) in [5.41, 5.74) is 0. The average molecular weight is 833 g/mol. The Morgan fingerprint density at radius 2 is 1.03 bits per heavy atom. The molecule has 9 nitrogen and oxygen atoms in total. The molecule has 342 valence electrons. The fourth-order valence-corrected chi connectivity index (χ4v) is 6.99. The predicted octanol–water partition coefficient (Wildman–Crippen LogP) is 11.1. The summed E-state index contributed by atoms with van der Waals surface area (Å²) in [4.78, 5) is 12.8. The molecule has 0 amide bonds. The maximum Gasteiger partial charge on any atom is 0.306 e. The van der Waals surface area contributed by atoms with E-state index >= 15 is 0 Å². The Balaban J connectivity index is 2.27. The van der Waals surface area contributed by atoms with E-state index in [2.05, 4.69) is 74.6 Å². The van der Waals surface area contributed by atoms with Crippen molar-refractivity contribution in [1.29, 1.82) is 0 Å². The van der Waals surface area contributed by atoms with Crippen LogP contribution in [0.25, 0.3) is 0 Å². The van der Waals surface area contributed by atoms with E-state index in [0.29, 0.717) is 13.0 Å². The third-order valence-electron chi connectivity index (χ3n) is 10.7. The van der Waals surface area contributed by atoms with Gasteiger partial charge in [0, 0.05) is 13.0 Å². The molecule has 0 aliphatic carbocycles. The first kappa shape index (κ1) is 54.9. The molecule has 1 heterocycles.